The predicted molar refractivity (Wildman–Crippen MR) is 108 cm³/mol. The van der Waals surface area contributed by atoms with Crippen LogP contribution in [0, 0.1) is 0 Å². The lowest BCUT2D eigenvalue weighted by Crippen LogP contribution is -2.47. The van der Waals surface area contributed by atoms with E-state index < -0.39 is 23.1 Å². The van der Waals surface area contributed by atoms with Crippen molar-refractivity contribution in [2.75, 3.05) is 35.8 Å². The average Bonchev–Trinajstić information content (AvgIpc) is 2.68. The molecule has 3 rings (SSSR count). The minimum Gasteiger partial charge on any atom is -0.593 e. The first-order valence-corrected chi connectivity index (χ1v) is 10.1. The highest BCUT2D eigenvalue weighted by Crippen LogP contribution is 2.35. The van der Waals surface area contributed by atoms with Crippen LogP contribution in [0.2, 0.25) is 0 Å². The van der Waals surface area contributed by atoms with E-state index in [4.69, 9.17) is 0 Å². The molecule has 0 radical (unpaired) electrons. The van der Waals surface area contributed by atoms with Crippen molar-refractivity contribution < 1.29 is 22.5 Å². The van der Waals surface area contributed by atoms with Gasteiger partial charge >= 0.3 is 6.18 Å². The van der Waals surface area contributed by atoms with Crippen molar-refractivity contribution in [3.05, 3.63) is 30.0 Å². The van der Waals surface area contributed by atoms with E-state index in [9.17, 15) is 22.5 Å². The number of fused-ring (bicyclic) bond motifs is 1. The normalized spacial score (nSPS) is 15.4. The molecule has 2 N–H and O–H groups in total. The van der Waals surface area contributed by atoms with Gasteiger partial charge in [-0.05, 0) is 19.9 Å². The Balaban J connectivity index is 2.01. The Morgan fingerprint density at radius 2 is 1.97 bits per heavy atom. The maximum atomic E-state index is 13.3. The summed E-state index contributed by atoms with van der Waals surface area (Å²) in [5.74, 6) is 0.441. The second kappa shape index (κ2) is 8.28. The van der Waals surface area contributed by atoms with Gasteiger partial charge in [-0.25, -0.2) is 4.98 Å². The highest BCUT2D eigenvalue weighted by Gasteiger charge is 2.33. The standard InChI is InChI=1S/C18H21F3N6O2S/c1-10(2)27-9-15(28)26(4)14-8-23-17(25-16(14)27)24-12-5-11(18(19,20)21)6-13(7-12)30(29)22-3/h5-8,10,22H,9H2,1-4H3,(H,23,24,25). The third-order valence-electron chi connectivity index (χ3n) is 4.58. The number of nitrogens with one attached hydrogen (secondary N) is 2. The Morgan fingerprint density at radius 1 is 1.27 bits per heavy atom. The maximum absolute atomic E-state index is 13.3. The van der Waals surface area contributed by atoms with Crippen LogP contribution in [0.1, 0.15) is 19.4 Å². The molecule has 1 aliphatic heterocycles. The summed E-state index contributed by atoms with van der Waals surface area (Å²) >= 11 is -1.81. The fourth-order valence-corrected chi connectivity index (χ4v) is 3.66. The molecule has 8 nitrogen and oxygen atoms in total. The maximum Gasteiger partial charge on any atom is 0.416 e. The summed E-state index contributed by atoms with van der Waals surface area (Å²) in [7, 11) is 3.00. The first-order valence-electron chi connectivity index (χ1n) is 9.00. The number of halogens is 3. The van der Waals surface area contributed by atoms with E-state index in [0.717, 1.165) is 12.1 Å². The molecular weight excluding hydrogens is 421 g/mol. The first-order chi connectivity index (χ1) is 14.0. The molecule has 162 valence electrons. The van der Waals surface area contributed by atoms with Crippen LogP contribution in [-0.4, -0.2) is 47.1 Å². The Hall–Kier alpha value is -2.57. The van der Waals surface area contributed by atoms with Gasteiger partial charge in [0.2, 0.25) is 11.9 Å². The summed E-state index contributed by atoms with van der Waals surface area (Å²) in [4.78, 5) is 23.9. The van der Waals surface area contributed by atoms with E-state index in [1.54, 1.807) is 11.9 Å². The number of hydrogen-bond acceptors (Lipinski definition) is 7. The van der Waals surface area contributed by atoms with E-state index >= 15 is 0 Å². The minimum atomic E-state index is -4.61. The lowest BCUT2D eigenvalue weighted by Gasteiger charge is -2.36. The van der Waals surface area contributed by atoms with Crippen molar-refractivity contribution in [3.63, 3.8) is 0 Å². The lowest BCUT2D eigenvalue weighted by molar-refractivity contribution is -0.137. The number of nitrogens with zero attached hydrogens (tertiary/aromatic N) is 4. The van der Waals surface area contributed by atoms with Crippen LogP contribution in [0.4, 0.5) is 36.3 Å². The average molecular weight is 442 g/mol. The Labute approximate surface area is 174 Å². The molecule has 0 fully saturated rings. The summed E-state index contributed by atoms with van der Waals surface area (Å²) < 4.78 is 54.3. The number of rotatable bonds is 5. The van der Waals surface area contributed by atoms with E-state index in [0.29, 0.717) is 11.5 Å². The molecule has 2 aromatic rings. The van der Waals surface area contributed by atoms with Crippen LogP contribution in [0.5, 0.6) is 0 Å². The topological polar surface area (TPSA) is 96.5 Å². The van der Waals surface area contributed by atoms with Gasteiger partial charge in [0, 0.05) is 38.0 Å². The molecule has 2 heterocycles. The van der Waals surface area contributed by atoms with Gasteiger partial charge < -0.3 is 19.7 Å². The van der Waals surface area contributed by atoms with E-state index in [2.05, 4.69) is 20.0 Å². The Kier molecular flexibility index (Phi) is 6.11. The summed E-state index contributed by atoms with van der Waals surface area (Å²) in [5, 5.41) is 2.76. The fourth-order valence-electron chi connectivity index (χ4n) is 2.95. The highest BCUT2D eigenvalue weighted by atomic mass is 32.2. The summed E-state index contributed by atoms with van der Waals surface area (Å²) in [6.07, 6.45) is -3.17. The minimum absolute atomic E-state index is 0.0256. The zero-order chi connectivity index (χ0) is 22.2. The van der Waals surface area contributed by atoms with Gasteiger partial charge in [-0.15, -0.1) is 4.72 Å². The number of carbonyl (C=O) groups excluding carboxylic acids is 1. The van der Waals surface area contributed by atoms with Gasteiger partial charge in [0.15, 0.2) is 10.7 Å². The lowest BCUT2D eigenvalue weighted by atomic mass is 10.2. The summed E-state index contributed by atoms with van der Waals surface area (Å²) in [6, 6.07) is 3.03. The third-order valence-corrected chi connectivity index (χ3v) is 5.61. The molecular formula is C18H21F3N6O2S. The molecule has 30 heavy (non-hydrogen) atoms. The van der Waals surface area contributed by atoms with Crippen LogP contribution in [-0.2, 0) is 22.3 Å². The molecule has 1 aromatic carbocycles. The van der Waals surface area contributed by atoms with E-state index in [-0.39, 0.29) is 35.0 Å². The van der Waals surface area contributed by atoms with Crippen LogP contribution in [0.15, 0.2) is 29.3 Å². The fraction of sp³-hybridized carbons (Fsp3) is 0.389. The molecule has 0 spiro atoms. The van der Waals surface area contributed by atoms with E-state index in [1.165, 1.54) is 24.2 Å². The summed E-state index contributed by atoms with van der Waals surface area (Å²) in [6.45, 7) is 3.94. The molecule has 1 atom stereocenters. The quantitative estimate of drug-likeness (QED) is 0.688. The van der Waals surface area contributed by atoms with Gasteiger partial charge in [0.05, 0.1) is 29.7 Å². The highest BCUT2D eigenvalue weighted by molar-refractivity contribution is 7.89. The molecule has 1 amide bonds. The van der Waals surface area contributed by atoms with Crippen molar-refractivity contribution >= 4 is 40.4 Å². The first kappa shape index (κ1) is 22.1. The Morgan fingerprint density at radius 3 is 2.57 bits per heavy atom. The number of hydrogen-bond donors (Lipinski definition) is 2. The second-order valence-corrected chi connectivity index (χ2v) is 8.34. The molecule has 0 saturated carbocycles. The molecule has 0 saturated heterocycles. The number of amides is 1. The zero-order valence-electron chi connectivity index (χ0n) is 16.7. The molecule has 1 unspecified atom stereocenters. The third kappa shape index (κ3) is 4.45. The molecule has 1 aliphatic rings. The predicted octanol–water partition coefficient (Wildman–Crippen LogP) is 2.67. The molecule has 0 bridgehead atoms. The number of benzene rings is 1. The van der Waals surface area contributed by atoms with E-state index in [1.807, 2.05) is 13.8 Å². The van der Waals surface area contributed by atoms with Crippen LogP contribution in [0.25, 0.3) is 0 Å². The van der Waals surface area contributed by atoms with Crippen LogP contribution >= 0.6 is 0 Å². The molecule has 12 heteroatoms. The van der Waals surface area contributed by atoms with Crippen molar-refractivity contribution in [1.82, 2.24) is 14.7 Å². The SMILES string of the molecule is CN[S+]([O-])c1cc(Nc2ncc3c(n2)N(C(C)C)CC(=O)N3C)cc(C(F)(F)F)c1. The smallest absolute Gasteiger partial charge is 0.416 e. The number of likely N-dealkylation sites (N-methyl/N-ethyl adjacent to an activating group) is 1. The van der Waals surface area contributed by atoms with Gasteiger partial charge in [-0.3, -0.25) is 4.79 Å². The van der Waals surface area contributed by atoms with Crippen molar-refractivity contribution in [1.29, 1.82) is 0 Å². The molecule has 1 aromatic heterocycles. The van der Waals surface area contributed by atoms with Gasteiger partial charge in [-0.1, -0.05) is 0 Å². The molecule has 0 aliphatic carbocycles. The van der Waals surface area contributed by atoms with Crippen LogP contribution in [0.3, 0.4) is 0 Å². The van der Waals surface area contributed by atoms with Crippen LogP contribution < -0.4 is 19.8 Å². The summed E-state index contributed by atoms with van der Waals surface area (Å²) in [5.41, 5.74) is -0.399. The van der Waals surface area contributed by atoms with Crippen molar-refractivity contribution in [2.24, 2.45) is 0 Å². The number of anilines is 4. The number of alkyl halides is 3. The second-order valence-electron chi connectivity index (χ2n) is 6.92. The zero-order valence-corrected chi connectivity index (χ0v) is 17.6. The van der Waals surface area contributed by atoms with Crippen molar-refractivity contribution in [3.8, 4) is 0 Å². The Bertz CT molecular complexity index is 956. The monoisotopic (exact) mass is 442 g/mol. The van der Waals surface area contributed by atoms with Gasteiger partial charge in [-0.2, -0.15) is 18.2 Å². The van der Waals surface area contributed by atoms with Crippen molar-refractivity contribution in [2.45, 2.75) is 31.0 Å². The van der Waals surface area contributed by atoms with Gasteiger partial charge in [0.25, 0.3) is 0 Å². The van der Waals surface area contributed by atoms with Gasteiger partial charge in [0.1, 0.15) is 5.69 Å². The number of carbonyl (C=O) groups is 1. The largest absolute Gasteiger partial charge is 0.593 e. The number of aromatic nitrogens is 2.